The summed E-state index contributed by atoms with van der Waals surface area (Å²) in [5, 5.41) is 10.5. The van der Waals surface area contributed by atoms with Gasteiger partial charge in [-0.25, -0.2) is 9.78 Å². The van der Waals surface area contributed by atoms with Gasteiger partial charge in [-0.05, 0) is 30.0 Å². The van der Waals surface area contributed by atoms with Gasteiger partial charge in [-0.15, -0.1) is 0 Å². The van der Waals surface area contributed by atoms with Crippen LogP contribution in [0.2, 0.25) is 5.02 Å². The molecule has 0 saturated heterocycles. The molecular weight excluding hydrogens is 322 g/mol. The minimum Gasteiger partial charge on any atom is -0.478 e. The second kappa shape index (κ2) is 6.62. The molecule has 1 N–H and O–H groups in total. The lowest BCUT2D eigenvalue weighted by Gasteiger charge is -2.11. The first-order valence-electron chi connectivity index (χ1n) is 7.94. The van der Waals surface area contributed by atoms with Crippen LogP contribution < -0.4 is 0 Å². The number of carboxylic acid groups (broad SMARTS) is 1. The molecule has 3 nitrogen and oxygen atoms in total. The van der Waals surface area contributed by atoms with E-state index < -0.39 is 5.97 Å². The average Bonchev–Trinajstić information content (AvgIpc) is 2.60. The van der Waals surface area contributed by atoms with E-state index in [2.05, 4.69) is 31.0 Å². The summed E-state index contributed by atoms with van der Waals surface area (Å²) in [5.41, 5.74) is 3.48. The van der Waals surface area contributed by atoms with Crippen molar-refractivity contribution < 1.29 is 9.90 Å². The summed E-state index contributed by atoms with van der Waals surface area (Å²) in [6.45, 7) is 4.34. The Morgan fingerprint density at radius 2 is 1.92 bits per heavy atom. The fraction of sp³-hybridized carbons (Fsp3) is 0.200. The van der Waals surface area contributed by atoms with Crippen LogP contribution in [-0.4, -0.2) is 16.1 Å². The molecule has 0 fully saturated rings. The maximum Gasteiger partial charge on any atom is 0.336 e. The van der Waals surface area contributed by atoms with Gasteiger partial charge in [0.15, 0.2) is 0 Å². The Morgan fingerprint density at radius 1 is 1.21 bits per heavy atom. The van der Waals surface area contributed by atoms with E-state index in [4.69, 9.17) is 11.6 Å². The van der Waals surface area contributed by atoms with Crippen molar-refractivity contribution in [2.45, 2.75) is 26.2 Å². The first kappa shape index (κ1) is 16.5. The lowest BCUT2D eigenvalue weighted by molar-refractivity contribution is 0.0699. The van der Waals surface area contributed by atoms with Crippen LogP contribution in [0, 0.1) is 0 Å². The van der Waals surface area contributed by atoms with Crippen molar-refractivity contribution in [3.05, 3.63) is 64.7 Å². The smallest absolute Gasteiger partial charge is 0.336 e. The van der Waals surface area contributed by atoms with Crippen LogP contribution in [0.4, 0.5) is 0 Å². The van der Waals surface area contributed by atoms with Gasteiger partial charge in [0.1, 0.15) is 0 Å². The lowest BCUT2D eigenvalue weighted by Crippen LogP contribution is -2.00. The van der Waals surface area contributed by atoms with Gasteiger partial charge in [-0.3, -0.25) is 0 Å². The Labute approximate surface area is 145 Å². The number of hydrogen-bond acceptors (Lipinski definition) is 2. The van der Waals surface area contributed by atoms with E-state index in [0.29, 0.717) is 27.5 Å². The van der Waals surface area contributed by atoms with E-state index in [9.17, 15) is 9.90 Å². The van der Waals surface area contributed by atoms with E-state index in [1.54, 1.807) is 24.3 Å². The normalized spacial score (nSPS) is 12.3. The minimum absolute atomic E-state index is 0.212. The van der Waals surface area contributed by atoms with E-state index in [0.717, 1.165) is 12.0 Å². The number of para-hydroxylation sites is 1. The quantitative estimate of drug-likeness (QED) is 0.656. The van der Waals surface area contributed by atoms with Crippen LogP contribution in [0.5, 0.6) is 0 Å². The SMILES string of the molecule is CC[C@@H](C)c1ccc(-c2cc(C(=O)O)c3cccc(Cl)c3n2)cc1. The van der Waals surface area contributed by atoms with Crippen molar-refractivity contribution in [2.75, 3.05) is 0 Å². The number of carbonyl (C=O) groups is 1. The third-order valence-electron chi connectivity index (χ3n) is 4.41. The van der Waals surface area contributed by atoms with Crippen molar-refractivity contribution in [2.24, 2.45) is 0 Å². The number of pyridine rings is 1. The highest BCUT2D eigenvalue weighted by Crippen LogP contribution is 2.30. The number of fused-ring (bicyclic) bond motifs is 1. The molecule has 1 aromatic heterocycles. The van der Waals surface area contributed by atoms with Crippen molar-refractivity contribution in [1.82, 2.24) is 4.98 Å². The fourth-order valence-electron chi connectivity index (χ4n) is 2.76. The summed E-state index contributed by atoms with van der Waals surface area (Å²) in [7, 11) is 0. The molecule has 0 saturated carbocycles. The third-order valence-corrected chi connectivity index (χ3v) is 4.71. The molecule has 0 spiro atoms. The van der Waals surface area contributed by atoms with Gasteiger partial charge in [0.2, 0.25) is 0 Å². The van der Waals surface area contributed by atoms with E-state index >= 15 is 0 Å². The van der Waals surface area contributed by atoms with Gasteiger partial charge in [-0.1, -0.05) is 61.8 Å². The molecule has 0 radical (unpaired) electrons. The lowest BCUT2D eigenvalue weighted by atomic mass is 9.96. The molecular formula is C20H18ClNO2. The summed E-state index contributed by atoms with van der Waals surface area (Å²) in [5.74, 6) is -0.491. The van der Waals surface area contributed by atoms with E-state index in [1.807, 2.05) is 12.1 Å². The third kappa shape index (κ3) is 3.00. The highest BCUT2D eigenvalue weighted by Gasteiger charge is 2.14. The molecule has 4 heteroatoms. The zero-order valence-electron chi connectivity index (χ0n) is 13.6. The molecule has 24 heavy (non-hydrogen) atoms. The summed E-state index contributed by atoms with van der Waals surface area (Å²) in [4.78, 5) is 16.2. The number of aromatic carboxylic acids is 1. The van der Waals surface area contributed by atoms with Crippen molar-refractivity contribution in [1.29, 1.82) is 0 Å². The van der Waals surface area contributed by atoms with Gasteiger partial charge < -0.3 is 5.11 Å². The van der Waals surface area contributed by atoms with Crippen LogP contribution in [0.15, 0.2) is 48.5 Å². The molecule has 1 heterocycles. The Bertz CT molecular complexity index is 903. The standard InChI is InChI=1S/C20H18ClNO2/c1-3-12(2)13-7-9-14(10-8-13)18-11-16(20(23)24)15-5-4-6-17(21)19(15)22-18/h4-12H,3H2,1-2H3,(H,23,24)/t12-/m1/s1. The Hall–Kier alpha value is -2.39. The molecule has 3 rings (SSSR count). The van der Waals surface area contributed by atoms with Crippen molar-refractivity contribution >= 4 is 28.5 Å². The van der Waals surface area contributed by atoms with Crippen LogP contribution >= 0.6 is 11.6 Å². The number of hydrogen-bond donors (Lipinski definition) is 1. The van der Waals surface area contributed by atoms with Crippen LogP contribution in [0.25, 0.3) is 22.2 Å². The number of rotatable bonds is 4. The molecule has 0 aliphatic carbocycles. The zero-order chi connectivity index (χ0) is 17.3. The number of halogens is 1. The molecule has 2 aromatic carbocycles. The van der Waals surface area contributed by atoms with E-state index in [1.165, 1.54) is 5.56 Å². The van der Waals surface area contributed by atoms with Crippen molar-refractivity contribution in [3.8, 4) is 11.3 Å². The molecule has 122 valence electrons. The van der Waals surface area contributed by atoms with Crippen LogP contribution in [-0.2, 0) is 0 Å². The first-order chi connectivity index (χ1) is 11.5. The van der Waals surface area contributed by atoms with E-state index in [-0.39, 0.29) is 5.56 Å². The Morgan fingerprint density at radius 3 is 2.54 bits per heavy atom. The molecule has 0 bridgehead atoms. The maximum atomic E-state index is 11.6. The van der Waals surface area contributed by atoms with Gasteiger partial charge >= 0.3 is 5.97 Å². The Balaban J connectivity index is 2.16. The van der Waals surface area contributed by atoms with Crippen LogP contribution in [0.3, 0.4) is 0 Å². The van der Waals surface area contributed by atoms with Crippen LogP contribution in [0.1, 0.15) is 42.1 Å². The van der Waals surface area contributed by atoms with Gasteiger partial charge in [0.05, 0.1) is 21.8 Å². The maximum absolute atomic E-state index is 11.6. The van der Waals surface area contributed by atoms with Gasteiger partial charge in [0.25, 0.3) is 0 Å². The highest BCUT2D eigenvalue weighted by molar-refractivity contribution is 6.35. The topological polar surface area (TPSA) is 50.2 Å². The second-order valence-corrected chi connectivity index (χ2v) is 6.33. The highest BCUT2D eigenvalue weighted by atomic mass is 35.5. The number of nitrogens with zero attached hydrogens (tertiary/aromatic N) is 1. The molecule has 1 atom stereocenters. The fourth-order valence-corrected chi connectivity index (χ4v) is 2.97. The van der Waals surface area contributed by atoms with Gasteiger partial charge in [0, 0.05) is 10.9 Å². The molecule has 3 aromatic rings. The first-order valence-corrected chi connectivity index (χ1v) is 8.32. The molecule has 0 unspecified atom stereocenters. The average molecular weight is 340 g/mol. The predicted molar refractivity (Wildman–Crippen MR) is 97.9 cm³/mol. The Kier molecular flexibility index (Phi) is 4.54. The number of carboxylic acids is 1. The van der Waals surface area contributed by atoms with Crippen molar-refractivity contribution in [3.63, 3.8) is 0 Å². The summed E-state index contributed by atoms with van der Waals surface area (Å²) < 4.78 is 0. The number of benzene rings is 2. The molecule has 0 aliphatic heterocycles. The summed E-state index contributed by atoms with van der Waals surface area (Å²) in [6.07, 6.45) is 1.08. The number of aromatic nitrogens is 1. The minimum atomic E-state index is -0.984. The summed E-state index contributed by atoms with van der Waals surface area (Å²) >= 11 is 6.22. The summed E-state index contributed by atoms with van der Waals surface area (Å²) in [6, 6.07) is 14.9. The predicted octanol–water partition coefficient (Wildman–Crippen LogP) is 5.77. The van der Waals surface area contributed by atoms with Gasteiger partial charge in [-0.2, -0.15) is 0 Å². The monoisotopic (exact) mass is 339 g/mol. The largest absolute Gasteiger partial charge is 0.478 e. The zero-order valence-corrected chi connectivity index (χ0v) is 14.3. The second-order valence-electron chi connectivity index (χ2n) is 5.93. The molecule has 0 aliphatic rings. The molecule has 0 amide bonds.